The van der Waals surface area contributed by atoms with Crippen LogP contribution >= 0.6 is 11.8 Å². The molecule has 0 aliphatic carbocycles. The van der Waals surface area contributed by atoms with Crippen molar-refractivity contribution < 1.29 is 37.3 Å². The molecule has 0 radical (unpaired) electrons. The van der Waals surface area contributed by atoms with Crippen LogP contribution in [-0.2, 0) is 25.7 Å². The number of likely N-dealkylation sites (tertiary alicyclic amines) is 1. The van der Waals surface area contributed by atoms with Crippen molar-refractivity contribution in [2.75, 3.05) is 17.6 Å². The molecule has 0 bridgehead atoms. The fraction of sp³-hybridized carbons (Fsp3) is 0.400. The summed E-state index contributed by atoms with van der Waals surface area (Å²) in [5, 5.41) is 12.7. The van der Waals surface area contributed by atoms with E-state index in [1.807, 2.05) is 31.2 Å². The molecule has 2 fully saturated rings. The predicted octanol–water partition coefficient (Wildman–Crippen LogP) is 5.04. The van der Waals surface area contributed by atoms with Crippen molar-refractivity contribution in [3.8, 4) is 0 Å². The maximum Gasteiger partial charge on any atom is 0.471 e. The van der Waals surface area contributed by atoms with Gasteiger partial charge in [-0.3, -0.25) is 9.59 Å². The molecular weight excluding hydrogens is 585 g/mol. The lowest BCUT2D eigenvalue weighted by atomic mass is 9.91. The number of aliphatic hydroxyl groups excluding tert-OH is 1. The Labute approximate surface area is 250 Å². The van der Waals surface area contributed by atoms with Gasteiger partial charge in [0.1, 0.15) is 6.04 Å². The van der Waals surface area contributed by atoms with E-state index in [9.17, 15) is 27.9 Å². The van der Waals surface area contributed by atoms with Crippen molar-refractivity contribution in [2.24, 2.45) is 5.92 Å². The van der Waals surface area contributed by atoms with Gasteiger partial charge in [0.25, 0.3) is 0 Å². The van der Waals surface area contributed by atoms with Crippen molar-refractivity contribution in [1.29, 1.82) is 0 Å². The Morgan fingerprint density at radius 1 is 1.07 bits per heavy atom. The summed E-state index contributed by atoms with van der Waals surface area (Å²) in [7, 11) is 0. The lowest BCUT2D eigenvalue weighted by Crippen LogP contribution is -2.48. The lowest BCUT2D eigenvalue weighted by Gasteiger charge is -2.41. The van der Waals surface area contributed by atoms with Gasteiger partial charge in [-0.2, -0.15) is 13.2 Å². The van der Waals surface area contributed by atoms with Crippen molar-refractivity contribution in [2.45, 2.75) is 62.2 Å². The second-order valence-corrected chi connectivity index (χ2v) is 11.4. The molecule has 1 aromatic heterocycles. The number of carbonyl (C=O) groups excluding carboxylic acids is 2. The third-order valence-electron chi connectivity index (χ3n) is 7.53. The second-order valence-electron chi connectivity index (χ2n) is 10.4. The second kappa shape index (κ2) is 13.4. The zero-order chi connectivity index (χ0) is 30.6. The van der Waals surface area contributed by atoms with E-state index in [4.69, 9.17) is 9.47 Å². The first kappa shape index (κ1) is 30.9. The number of aliphatic hydroxyl groups is 1. The summed E-state index contributed by atoms with van der Waals surface area (Å²) in [4.78, 5) is 34.0. The van der Waals surface area contributed by atoms with Gasteiger partial charge < -0.3 is 24.8 Å². The Balaban J connectivity index is 1.35. The van der Waals surface area contributed by atoms with Gasteiger partial charge in [0, 0.05) is 41.9 Å². The maximum atomic E-state index is 13.1. The van der Waals surface area contributed by atoms with Crippen molar-refractivity contribution in [1.82, 2.24) is 14.9 Å². The Bertz CT molecular complexity index is 1410. The predicted molar refractivity (Wildman–Crippen MR) is 152 cm³/mol. The molecule has 3 aromatic rings. The summed E-state index contributed by atoms with van der Waals surface area (Å²) in [6, 6.07) is 14.8. The van der Waals surface area contributed by atoms with E-state index >= 15 is 0 Å². The van der Waals surface area contributed by atoms with Crippen LogP contribution in [0.1, 0.15) is 48.8 Å². The molecule has 0 unspecified atom stereocenters. The number of halogens is 3. The summed E-state index contributed by atoms with van der Waals surface area (Å²) in [6.45, 7) is 1.82. The van der Waals surface area contributed by atoms with Gasteiger partial charge in [-0.25, -0.2) is 9.97 Å². The molecule has 13 heteroatoms. The summed E-state index contributed by atoms with van der Waals surface area (Å²) in [5.74, 6) is -2.24. The number of rotatable bonds is 8. The molecule has 2 N–H and O–H groups in total. The third-order valence-corrected chi connectivity index (χ3v) is 8.49. The molecule has 2 aromatic carbocycles. The van der Waals surface area contributed by atoms with E-state index in [2.05, 4.69) is 15.3 Å². The number of carbonyl (C=O) groups is 2. The fourth-order valence-electron chi connectivity index (χ4n) is 5.26. The third kappa shape index (κ3) is 7.35. The van der Waals surface area contributed by atoms with E-state index in [1.54, 1.807) is 42.7 Å². The molecule has 3 heterocycles. The number of ether oxygens (including phenoxy) is 2. The number of thioether (sulfide) groups is 1. The van der Waals surface area contributed by atoms with Crippen LogP contribution in [0.15, 0.2) is 72.1 Å². The molecule has 2 aliphatic rings. The minimum atomic E-state index is -5.05. The van der Waals surface area contributed by atoms with E-state index in [1.165, 1.54) is 11.8 Å². The summed E-state index contributed by atoms with van der Waals surface area (Å²) in [5.41, 5.74) is 2.62. The van der Waals surface area contributed by atoms with Gasteiger partial charge in [-0.15, -0.1) is 0 Å². The minimum absolute atomic E-state index is 0.0742. The fourth-order valence-corrected chi connectivity index (χ4v) is 6.23. The highest BCUT2D eigenvalue weighted by atomic mass is 32.2. The van der Waals surface area contributed by atoms with Gasteiger partial charge in [-0.1, -0.05) is 55.1 Å². The Morgan fingerprint density at radius 3 is 2.51 bits per heavy atom. The normalized spacial score (nSPS) is 24.1. The number of anilines is 1. The molecule has 5 atom stereocenters. The van der Waals surface area contributed by atoms with E-state index in [0.717, 1.165) is 11.1 Å². The van der Waals surface area contributed by atoms with Crippen LogP contribution in [0.3, 0.4) is 0 Å². The largest absolute Gasteiger partial charge is 0.471 e. The maximum absolute atomic E-state index is 13.1. The standard InChI is InChI=1S/C30H31F3N4O5S/c1-18-24(17-43-29-34-12-4-13-35-29)41-27(42-25(18)20-10-8-19(16-38)9-11-20)21-5-2-6-22(15-21)36-26(39)23-7-3-14-37(23)28(40)30(31,32)33/h2,4-6,8-13,15,18,23-25,27,38H,3,7,14,16-17H2,1H3,(H,36,39)/t18-,23+,24+,25+,27+/m1/s1. The molecular formula is C30H31F3N4O5S. The molecule has 2 aliphatic heterocycles. The van der Waals surface area contributed by atoms with Gasteiger partial charge in [0.2, 0.25) is 5.91 Å². The lowest BCUT2D eigenvalue weighted by molar-refractivity contribution is -0.268. The number of aromatic nitrogens is 2. The summed E-state index contributed by atoms with van der Waals surface area (Å²) >= 11 is 1.46. The number of alkyl halides is 3. The zero-order valence-corrected chi connectivity index (χ0v) is 24.1. The molecule has 43 heavy (non-hydrogen) atoms. The van der Waals surface area contributed by atoms with Crippen LogP contribution in [0.4, 0.5) is 18.9 Å². The number of hydrogen-bond donors (Lipinski definition) is 2. The first-order valence-electron chi connectivity index (χ1n) is 13.8. The number of nitrogens with one attached hydrogen (secondary N) is 1. The van der Waals surface area contributed by atoms with Crippen molar-refractivity contribution in [3.63, 3.8) is 0 Å². The first-order chi connectivity index (χ1) is 20.6. The van der Waals surface area contributed by atoms with Gasteiger partial charge in [0.05, 0.1) is 18.8 Å². The minimum Gasteiger partial charge on any atom is -0.392 e. The molecule has 0 spiro atoms. The highest BCUT2D eigenvalue weighted by molar-refractivity contribution is 7.99. The zero-order valence-electron chi connectivity index (χ0n) is 23.2. The molecule has 228 valence electrons. The molecule has 9 nitrogen and oxygen atoms in total. The van der Waals surface area contributed by atoms with E-state index < -0.39 is 30.3 Å². The molecule has 2 amide bonds. The summed E-state index contributed by atoms with van der Waals surface area (Å²) in [6.07, 6.45) is -2.75. The monoisotopic (exact) mass is 616 g/mol. The highest BCUT2D eigenvalue weighted by Gasteiger charge is 2.47. The number of benzene rings is 2. The van der Waals surface area contributed by atoms with E-state index in [0.29, 0.717) is 33.5 Å². The topological polar surface area (TPSA) is 114 Å². The van der Waals surface area contributed by atoms with Crippen LogP contribution in [-0.4, -0.2) is 62.4 Å². The van der Waals surface area contributed by atoms with Crippen molar-refractivity contribution >= 4 is 29.3 Å². The Hall–Kier alpha value is -3.52. The van der Waals surface area contributed by atoms with Gasteiger partial charge >= 0.3 is 12.1 Å². The van der Waals surface area contributed by atoms with E-state index in [-0.39, 0.29) is 37.7 Å². The van der Waals surface area contributed by atoms with Crippen LogP contribution in [0.5, 0.6) is 0 Å². The molecule has 5 rings (SSSR count). The highest BCUT2D eigenvalue weighted by Crippen LogP contribution is 2.43. The Morgan fingerprint density at radius 2 is 1.81 bits per heavy atom. The SMILES string of the molecule is C[C@@H]1[C@H](CSc2ncccn2)O[C@H](c2cccc(NC(=O)[C@@H]3CCCN3C(=O)C(F)(F)F)c2)O[C@@H]1c1ccc(CO)cc1. The quantitative estimate of drug-likeness (QED) is 0.267. The van der Waals surface area contributed by atoms with Gasteiger partial charge in [-0.05, 0) is 42.2 Å². The smallest absolute Gasteiger partial charge is 0.392 e. The first-order valence-corrected chi connectivity index (χ1v) is 14.8. The molecule has 0 saturated carbocycles. The number of nitrogens with zero attached hydrogens (tertiary/aromatic N) is 3. The molecule has 2 saturated heterocycles. The number of amides is 2. The number of hydrogen-bond acceptors (Lipinski definition) is 8. The Kier molecular flexibility index (Phi) is 9.65. The average molecular weight is 617 g/mol. The van der Waals surface area contributed by atoms with Crippen molar-refractivity contribution in [3.05, 3.63) is 83.7 Å². The summed E-state index contributed by atoms with van der Waals surface area (Å²) < 4.78 is 52.0. The van der Waals surface area contributed by atoms with Crippen LogP contribution in [0.2, 0.25) is 0 Å². The van der Waals surface area contributed by atoms with Crippen LogP contribution in [0, 0.1) is 5.92 Å². The van der Waals surface area contributed by atoms with Crippen LogP contribution in [0.25, 0.3) is 0 Å². The van der Waals surface area contributed by atoms with Crippen LogP contribution < -0.4 is 5.32 Å². The van der Waals surface area contributed by atoms with Gasteiger partial charge in [0.15, 0.2) is 11.4 Å². The average Bonchev–Trinajstić information content (AvgIpc) is 3.50.